The Bertz CT molecular complexity index is 671. The molecule has 0 bridgehead atoms. The molecule has 0 amide bonds. The van der Waals surface area contributed by atoms with Gasteiger partial charge in [0.15, 0.2) is 5.82 Å². The molecule has 2 aromatic rings. The summed E-state index contributed by atoms with van der Waals surface area (Å²) in [4.78, 5) is 20.0. The summed E-state index contributed by atoms with van der Waals surface area (Å²) < 4.78 is 13.7. The predicted molar refractivity (Wildman–Crippen MR) is 69.7 cm³/mol. The lowest BCUT2D eigenvalue weighted by Gasteiger charge is -2.18. The smallest absolute Gasteiger partial charge is 0.267 e. The molecule has 92 valence electrons. The molecule has 1 aliphatic rings. The van der Waals surface area contributed by atoms with Gasteiger partial charge in [-0.05, 0) is 40.0 Å². The van der Waals surface area contributed by atoms with E-state index in [1.54, 1.807) is 6.07 Å². The topological polar surface area (TPSA) is 49.0 Å². The van der Waals surface area contributed by atoms with Gasteiger partial charge in [0.1, 0.15) is 10.3 Å². The number of hydrogen-bond acceptors (Lipinski definition) is 3. The SMILES string of the molecule is O=c1[nH]cnc(N2CCc3ccc(F)cc32)c1Br. The Morgan fingerprint density at radius 2 is 2.28 bits per heavy atom. The van der Waals surface area contributed by atoms with Crippen molar-refractivity contribution in [2.24, 2.45) is 0 Å². The molecular formula is C12H9BrFN3O. The van der Waals surface area contributed by atoms with Crippen molar-refractivity contribution in [3.8, 4) is 0 Å². The Labute approximate surface area is 111 Å². The second-order valence-electron chi connectivity index (χ2n) is 4.04. The maximum Gasteiger partial charge on any atom is 0.267 e. The molecule has 18 heavy (non-hydrogen) atoms. The van der Waals surface area contributed by atoms with Crippen LogP contribution in [-0.2, 0) is 6.42 Å². The number of aromatic amines is 1. The first-order valence-corrected chi connectivity index (χ1v) is 6.25. The van der Waals surface area contributed by atoms with Gasteiger partial charge in [-0.1, -0.05) is 6.07 Å². The molecule has 6 heteroatoms. The summed E-state index contributed by atoms with van der Waals surface area (Å²) in [7, 11) is 0. The average Bonchev–Trinajstić information content (AvgIpc) is 2.75. The molecule has 0 unspecified atom stereocenters. The fourth-order valence-corrected chi connectivity index (χ4v) is 2.57. The largest absolute Gasteiger partial charge is 0.325 e. The van der Waals surface area contributed by atoms with Crippen LogP contribution in [0.3, 0.4) is 0 Å². The highest BCUT2D eigenvalue weighted by molar-refractivity contribution is 9.10. The number of rotatable bonds is 1. The minimum Gasteiger partial charge on any atom is -0.325 e. The number of nitrogens with one attached hydrogen (secondary N) is 1. The molecule has 1 aromatic heterocycles. The first-order chi connectivity index (χ1) is 8.66. The predicted octanol–water partition coefficient (Wildman–Crippen LogP) is 2.37. The van der Waals surface area contributed by atoms with Gasteiger partial charge in [-0.3, -0.25) is 4.79 Å². The third-order valence-electron chi connectivity index (χ3n) is 2.98. The van der Waals surface area contributed by atoms with Crippen LogP contribution in [-0.4, -0.2) is 16.5 Å². The van der Waals surface area contributed by atoms with E-state index in [4.69, 9.17) is 0 Å². The summed E-state index contributed by atoms with van der Waals surface area (Å²) in [6, 6.07) is 4.69. The van der Waals surface area contributed by atoms with Crippen molar-refractivity contribution in [2.45, 2.75) is 6.42 Å². The maximum absolute atomic E-state index is 13.3. The third-order valence-corrected chi connectivity index (χ3v) is 3.69. The van der Waals surface area contributed by atoms with E-state index in [0.29, 0.717) is 16.8 Å². The summed E-state index contributed by atoms with van der Waals surface area (Å²) in [5.41, 5.74) is 1.59. The summed E-state index contributed by atoms with van der Waals surface area (Å²) in [6.45, 7) is 0.688. The zero-order valence-corrected chi connectivity index (χ0v) is 10.9. The Morgan fingerprint density at radius 3 is 3.11 bits per heavy atom. The van der Waals surface area contributed by atoms with Gasteiger partial charge in [0.2, 0.25) is 0 Å². The van der Waals surface area contributed by atoms with Crippen molar-refractivity contribution in [2.75, 3.05) is 11.4 Å². The molecule has 0 saturated heterocycles. The normalized spacial score (nSPS) is 13.8. The van der Waals surface area contributed by atoms with E-state index in [1.807, 2.05) is 4.90 Å². The van der Waals surface area contributed by atoms with Gasteiger partial charge < -0.3 is 9.88 Å². The molecule has 0 fully saturated rings. The second kappa shape index (κ2) is 4.20. The summed E-state index contributed by atoms with van der Waals surface area (Å²) in [5.74, 6) is 0.227. The number of benzene rings is 1. The Kier molecular flexibility index (Phi) is 2.66. The summed E-state index contributed by atoms with van der Waals surface area (Å²) in [6.07, 6.45) is 2.16. The number of aromatic nitrogens is 2. The number of hydrogen-bond donors (Lipinski definition) is 1. The van der Waals surface area contributed by atoms with Gasteiger partial charge in [0.05, 0.1) is 6.33 Å². The minimum absolute atomic E-state index is 0.246. The number of fused-ring (bicyclic) bond motifs is 1. The highest BCUT2D eigenvalue weighted by atomic mass is 79.9. The zero-order valence-electron chi connectivity index (χ0n) is 9.28. The molecule has 0 saturated carbocycles. The number of halogens is 2. The second-order valence-corrected chi connectivity index (χ2v) is 4.84. The van der Waals surface area contributed by atoms with Gasteiger partial charge >= 0.3 is 0 Å². The molecule has 1 aromatic carbocycles. The first-order valence-electron chi connectivity index (χ1n) is 5.46. The van der Waals surface area contributed by atoms with E-state index in [0.717, 1.165) is 17.7 Å². The van der Waals surface area contributed by atoms with Crippen LogP contribution in [0.1, 0.15) is 5.56 Å². The Balaban J connectivity index is 2.14. The molecule has 1 N–H and O–H groups in total. The van der Waals surface area contributed by atoms with Gasteiger partial charge in [-0.25, -0.2) is 9.37 Å². The number of H-pyrrole nitrogens is 1. The van der Waals surface area contributed by atoms with E-state index < -0.39 is 0 Å². The Hall–Kier alpha value is -1.69. The van der Waals surface area contributed by atoms with Crippen LogP contribution in [0.4, 0.5) is 15.9 Å². The lowest BCUT2D eigenvalue weighted by Crippen LogP contribution is -2.20. The van der Waals surface area contributed by atoms with Crippen molar-refractivity contribution in [1.29, 1.82) is 0 Å². The third kappa shape index (κ3) is 1.73. The van der Waals surface area contributed by atoms with Crippen molar-refractivity contribution in [1.82, 2.24) is 9.97 Å². The van der Waals surface area contributed by atoms with E-state index in [2.05, 4.69) is 25.9 Å². The quantitative estimate of drug-likeness (QED) is 0.880. The average molecular weight is 310 g/mol. The highest BCUT2D eigenvalue weighted by Gasteiger charge is 2.24. The van der Waals surface area contributed by atoms with Gasteiger partial charge in [-0.15, -0.1) is 0 Å². The molecule has 0 atom stereocenters. The highest BCUT2D eigenvalue weighted by Crippen LogP contribution is 2.35. The molecule has 0 radical (unpaired) electrons. The number of anilines is 2. The molecule has 0 spiro atoms. The molecule has 1 aliphatic heterocycles. The molecule has 4 nitrogen and oxygen atoms in total. The van der Waals surface area contributed by atoms with Gasteiger partial charge in [0.25, 0.3) is 5.56 Å². The van der Waals surface area contributed by atoms with Crippen LogP contribution in [0, 0.1) is 5.82 Å². The van der Waals surface area contributed by atoms with Gasteiger partial charge in [0, 0.05) is 12.2 Å². The molecule has 3 rings (SSSR count). The standard InChI is InChI=1S/C12H9BrFN3O/c13-10-11(15-6-16-12(10)18)17-4-3-7-1-2-8(14)5-9(7)17/h1-2,5-6H,3-4H2,(H,15,16,18). The van der Waals surface area contributed by atoms with Crippen LogP contribution in [0.15, 0.2) is 33.8 Å². The Morgan fingerprint density at radius 1 is 1.44 bits per heavy atom. The van der Waals surface area contributed by atoms with Crippen LogP contribution in [0.5, 0.6) is 0 Å². The van der Waals surface area contributed by atoms with E-state index in [1.165, 1.54) is 18.5 Å². The summed E-state index contributed by atoms with van der Waals surface area (Å²) >= 11 is 3.22. The van der Waals surface area contributed by atoms with Crippen LogP contribution in [0.25, 0.3) is 0 Å². The molecule has 0 aliphatic carbocycles. The van der Waals surface area contributed by atoms with E-state index in [-0.39, 0.29) is 11.4 Å². The molecule has 2 heterocycles. The maximum atomic E-state index is 13.3. The van der Waals surface area contributed by atoms with Crippen molar-refractivity contribution in [3.05, 3.63) is 50.7 Å². The molecular weight excluding hydrogens is 301 g/mol. The lowest BCUT2D eigenvalue weighted by molar-refractivity contribution is 0.628. The van der Waals surface area contributed by atoms with Crippen LogP contribution >= 0.6 is 15.9 Å². The van der Waals surface area contributed by atoms with Crippen molar-refractivity contribution < 1.29 is 4.39 Å². The van der Waals surface area contributed by atoms with Crippen molar-refractivity contribution in [3.63, 3.8) is 0 Å². The number of nitrogens with zero attached hydrogens (tertiary/aromatic N) is 2. The fourth-order valence-electron chi connectivity index (χ4n) is 2.13. The van der Waals surface area contributed by atoms with Gasteiger partial charge in [-0.2, -0.15) is 0 Å². The van der Waals surface area contributed by atoms with E-state index in [9.17, 15) is 9.18 Å². The van der Waals surface area contributed by atoms with Crippen LogP contribution in [0.2, 0.25) is 0 Å². The zero-order chi connectivity index (χ0) is 12.7. The first kappa shape index (κ1) is 11.4. The lowest BCUT2D eigenvalue weighted by atomic mass is 10.2. The summed E-state index contributed by atoms with van der Waals surface area (Å²) in [5, 5.41) is 0. The minimum atomic E-state index is -0.290. The fraction of sp³-hybridized carbons (Fsp3) is 0.167. The monoisotopic (exact) mass is 309 g/mol. The van der Waals surface area contributed by atoms with E-state index >= 15 is 0 Å². The van der Waals surface area contributed by atoms with Crippen LogP contribution < -0.4 is 10.5 Å². The van der Waals surface area contributed by atoms with Crippen molar-refractivity contribution >= 4 is 27.4 Å².